The maximum absolute atomic E-state index is 12.5. The summed E-state index contributed by atoms with van der Waals surface area (Å²) in [5, 5.41) is 1.95. The van der Waals surface area contributed by atoms with E-state index in [1.54, 1.807) is 7.11 Å². The normalized spacial score (nSPS) is 10.4. The van der Waals surface area contributed by atoms with Crippen molar-refractivity contribution in [2.75, 3.05) is 7.11 Å². The summed E-state index contributed by atoms with van der Waals surface area (Å²) in [4.78, 5) is 13.3. The van der Waals surface area contributed by atoms with Crippen LogP contribution in [-0.4, -0.2) is 12.9 Å². The SMILES string of the molecule is COc1cc(C)c(C(=O)c2sccc2C)cc1C. The van der Waals surface area contributed by atoms with E-state index in [1.165, 1.54) is 11.3 Å². The van der Waals surface area contributed by atoms with Crippen molar-refractivity contribution in [2.24, 2.45) is 0 Å². The van der Waals surface area contributed by atoms with Crippen LogP contribution in [0.5, 0.6) is 5.75 Å². The van der Waals surface area contributed by atoms with Crippen molar-refractivity contribution < 1.29 is 9.53 Å². The van der Waals surface area contributed by atoms with Crippen LogP contribution < -0.4 is 4.74 Å². The maximum Gasteiger partial charge on any atom is 0.203 e. The Bertz CT molecular complexity index is 597. The molecule has 94 valence electrons. The standard InChI is InChI=1S/C15H16O2S/c1-9-5-6-18-15(9)14(16)12-7-11(3)13(17-4)8-10(12)2/h5-8H,1-4H3. The lowest BCUT2D eigenvalue weighted by Gasteiger charge is -2.10. The van der Waals surface area contributed by atoms with Crippen LogP contribution in [0, 0.1) is 20.8 Å². The highest BCUT2D eigenvalue weighted by molar-refractivity contribution is 7.12. The van der Waals surface area contributed by atoms with Crippen LogP contribution in [0.1, 0.15) is 31.9 Å². The second kappa shape index (κ2) is 4.94. The predicted molar refractivity (Wildman–Crippen MR) is 75.0 cm³/mol. The number of methoxy groups -OCH3 is 1. The molecule has 0 atom stereocenters. The zero-order valence-electron chi connectivity index (χ0n) is 11.0. The maximum atomic E-state index is 12.5. The summed E-state index contributed by atoms with van der Waals surface area (Å²) in [6.45, 7) is 5.86. The van der Waals surface area contributed by atoms with Gasteiger partial charge in [0, 0.05) is 5.56 Å². The molecule has 1 heterocycles. The summed E-state index contributed by atoms with van der Waals surface area (Å²) in [5.41, 5.74) is 3.74. The quantitative estimate of drug-likeness (QED) is 0.782. The number of aryl methyl sites for hydroxylation is 3. The van der Waals surface area contributed by atoms with E-state index < -0.39 is 0 Å². The molecule has 0 aliphatic heterocycles. The second-order valence-electron chi connectivity index (χ2n) is 4.40. The minimum Gasteiger partial charge on any atom is -0.496 e. The third kappa shape index (κ3) is 2.18. The molecule has 2 aromatic rings. The Hall–Kier alpha value is -1.61. The van der Waals surface area contributed by atoms with Gasteiger partial charge in [-0.3, -0.25) is 4.79 Å². The molecule has 0 aliphatic rings. The lowest BCUT2D eigenvalue weighted by atomic mass is 9.99. The second-order valence-corrected chi connectivity index (χ2v) is 5.31. The van der Waals surface area contributed by atoms with E-state index in [0.717, 1.165) is 32.9 Å². The molecule has 3 heteroatoms. The van der Waals surface area contributed by atoms with Crippen LogP contribution in [0.3, 0.4) is 0 Å². The molecular formula is C15H16O2S. The summed E-state index contributed by atoms with van der Waals surface area (Å²) in [6.07, 6.45) is 0. The monoisotopic (exact) mass is 260 g/mol. The molecule has 0 aliphatic carbocycles. The molecule has 0 saturated carbocycles. The molecule has 0 N–H and O–H groups in total. The van der Waals surface area contributed by atoms with Gasteiger partial charge in [-0.25, -0.2) is 0 Å². The van der Waals surface area contributed by atoms with Gasteiger partial charge in [-0.15, -0.1) is 11.3 Å². The first-order valence-corrected chi connectivity index (χ1v) is 6.66. The fourth-order valence-corrected chi connectivity index (χ4v) is 2.86. The Kier molecular flexibility index (Phi) is 3.53. The van der Waals surface area contributed by atoms with Crippen LogP contribution in [0.25, 0.3) is 0 Å². The number of carbonyl (C=O) groups is 1. The van der Waals surface area contributed by atoms with Crippen molar-refractivity contribution in [3.8, 4) is 5.75 Å². The van der Waals surface area contributed by atoms with E-state index >= 15 is 0 Å². The Balaban J connectivity index is 2.49. The summed E-state index contributed by atoms with van der Waals surface area (Å²) in [7, 11) is 1.65. The molecule has 0 saturated heterocycles. The van der Waals surface area contributed by atoms with Gasteiger partial charge >= 0.3 is 0 Å². The Morgan fingerprint density at radius 2 is 1.83 bits per heavy atom. The Morgan fingerprint density at radius 3 is 2.39 bits per heavy atom. The summed E-state index contributed by atoms with van der Waals surface area (Å²) < 4.78 is 5.27. The summed E-state index contributed by atoms with van der Waals surface area (Å²) in [6, 6.07) is 5.81. The molecule has 0 fully saturated rings. The minimum atomic E-state index is 0.103. The molecular weight excluding hydrogens is 244 g/mol. The van der Waals surface area contributed by atoms with Crippen molar-refractivity contribution in [3.05, 3.63) is 50.7 Å². The van der Waals surface area contributed by atoms with E-state index in [-0.39, 0.29) is 5.78 Å². The number of carbonyl (C=O) groups excluding carboxylic acids is 1. The first-order valence-electron chi connectivity index (χ1n) is 5.78. The zero-order chi connectivity index (χ0) is 13.3. The average Bonchev–Trinajstić information content (AvgIpc) is 2.77. The van der Waals surface area contributed by atoms with E-state index in [1.807, 2.05) is 44.4 Å². The summed E-state index contributed by atoms with van der Waals surface area (Å²) >= 11 is 1.50. The number of ether oxygens (including phenoxy) is 1. The lowest BCUT2D eigenvalue weighted by molar-refractivity contribution is 0.104. The number of benzene rings is 1. The molecule has 1 aromatic heterocycles. The van der Waals surface area contributed by atoms with Gasteiger partial charge in [0.25, 0.3) is 0 Å². The number of thiophene rings is 1. The Labute approximate surface area is 111 Å². The Morgan fingerprint density at radius 1 is 1.11 bits per heavy atom. The lowest BCUT2D eigenvalue weighted by Crippen LogP contribution is -2.04. The third-order valence-corrected chi connectivity index (χ3v) is 4.07. The highest BCUT2D eigenvalue weighted by Crippen LogP contribution is 2.26. The molecule has 0 radical (unpaired) electrons. The van der Waals surface area contributed by atoms with Gasteiger partial charge in [-0.1, -0.05) is 0 Å². The number of ketones is 1. The van der Waals surface area contributed by atoms with Crippen molar-refractivity contribution in [1.82, 2.24) is 0 Å². The van der Waals surface area contributed by atoms with Gasteiger partial charge in [-0.2, -0.15) is 0 Å². The summed E-state index contributed by atoms with van der Waals surface area (Å²) in [5.74, 6) is 0.928. The van der Waals surface area contributed by atoms with Gasteiger partial charge in [0.2, 0.25) is 5.78 Å². The zero-order valence-corrected chi connectivity index (χ0v) is 11.9. The van der Waals surface area contributed by atoms with E-state index in [0.29, 0.717) is 0 Å². The first kappa shape index (κ1) is 12.8. The van der Waals surface area contributed by atoms with Crippen molar-refractivity contribution >= 4 is 17.1 Å². The van der Waals surface area contributed by atoms with E-state index in [2.05, 4.69) is 0 Å². The molecule has 1 aromatic carbocycles. The van der Waals surface area contributed by atoms with Crippen molar-refractivity contribution in [1.29, 1.82) is 0 Å². The fraction of sp³-hybridized carbons (Fsp3) is 0.267. The smallest absolute Gasteiger partial charge is 0.203 e. The van der Waals surface area contributed by atoms with Gasteiger partial charge in [0.05, 0.1) is 12.0 Å². The predicted octanol–water partition coefficient (Wildman–Crippen LogP) is 3.91. The molecule has 18 heavy (non-hydrogen) atoms. The topological polar surface area (TPSA) is 26.3 Å². The third-order valence-electron chi connectivity index (χ3n) is 3.05. The average molecular weight is 260 g/mol. The van der Waals surface area contributed by atoms with Gasteiger partial charge in [0.15, 0.2) is 0 Å². The molecule has 2 nitrogen and oxygen atoms in total. The fourth-order valence-electron chi connectivity index (χ4n) is 1.98. The highest BCUT2D eigenvalue weighted by atomic mass is 32.1. The number of hydrogen-bond donors (Lipinski definition) is 0. The van der Waals surface area contributed by atoms with Crippen LogP contribution in [0.15, 0.2) is 23.6 Å². The molecule has 0 unspecified atom stereocenters. The van der Waals surface area contributed by atoms with Crippen LogP contribution in [-0.2, 0) is 0 Å². The van der Waals surface area contributed by atoms with Crippen molar-refractivity contribution in [2.45, 2.75) is 20.8 Å². The van der Waals surface area contributed by atoms with Crippen LogP contribution in [0.2, 0.25) is 0 Å². The number of rotatable bonds is 3. The van der Waals surface area contributed by atoms with Crippen LogP contribution in [0.4, 0.5) is 0 Å². The molecule has 0 amide bonds. The first-order chi connectivity index (χ1) is 8.54. The van der Waals surface area contributed by atoms with Gasteiger partial charge in [-0.05, 0) is 61.0 Å². The largest absolute Gasteiger partial charge is 0.496 e. The molecule has 2 rings (SSSR count). The van der Waals surface area contributed by atoms with Crippen molar-refractivity contribution in [3.63, 3.8) is 0 Å². The molecule has 0 spiro atoms. The van der Waals surface area contributed by atoms with Gasteiger partial charge in [0.1, 0.15) is 5.75 Å². The molecule has 0 bridgehead atoms. The van der Waals surface area contributed by atoms with E-state index in [9.17, 15) is 4.79 Å². The van der Waals surface area contributed by atoms with Crippen LogP contribution >= 0.6 is 11.3 Å². The minimum absolute atomic E-state index is 0.103. The van der Waals surface area contributed by atoms with E-state index in [4.69, 9.17) is 4.74 Å². The highest BCUT2D eigenvalue weighted by Gasteiger charge is 2.16. The number of hydrogen-bond acceptors (Lipinski definition) is 3. The van der Waals surface area contributed by atoms with Gasteiger partial charge < -0.3 is 4.74 Å².